The number of aromatic nitrogens is 3. The van der Waals surface area contributed by atoms with Gasteiger partial charge in [-0.05, 0) is 49.2 Å². The number of rotatable bonds is 2. The molecule has 0 spiro atoms. The number of imidazole rings is 2. The predicted molar refractivity (Wildman–Crippen MR) is 101 cm³/mol. The second-order valence-electron chi connectivity index (χ2n) is 6.77. The maximum Gasteiger partial charge on any atom is 0.231 e. The number of hydrogen-bond donors (Lipinski definition) is 0. The lowest BCUT2D eigenvalue weighted by molar-refractivity contribution is 0.174. The molecule has 26 heavy (non-hydrogen) atoms. The maximum atomic E-state index is 5.48. The maximum absolute atomic E-state index is 5.48. The van der Waals surface area contributed by atoms with Crippen LogP contribution in [0.2, 0.25) is 0 Å². The van der Waals surface area contributed by atoms with Crippen LogP contribution in [0.25, 0.3) is 28.3 Å². The minimum absolute atomic E-state index is 0.281. The molecule has 5 heteroatoms. The Balaban J connectivity index is 1.58. The molecule has 5 nitrogen and oxygen atoms in total. The van der Waals surface area contributed by atoms with Gasteiger partial charge in [0.25, 0.3) is 0 Å². The van der Waals surface area contributed by atoms with Crippen molar-refractivity contribution in [2.45, 2.75) is 13.8 Å². The van der Waals surface area contributed by atoms with Crippen LogP contribution < -0.4 is 9.47 Å². The monoisotopic (exact) mass is 345 g/mol. The molecule has 0 saturated heterocycles. The average molecular weight is 345 g/mol. The summed E-state index contributed by atoms with van der Waals surface area (Å²) < 4.78 is 15.1. The van der Waals surface area contributed by atoms with Crippen molar-refractivity contribution < 1.29 is 9.47 Å². The summed E-state index contributed by atoms with van der Waals surface area (Å²) in [7, 11) is 2.05. The summed E-state index contributed by atoms with van der Waals surface area (Å²) in [6.07, 6.45) is 4.18. The molecule has 0 unspecified atom stereocenters. The SMILES string of the molecule is Cc1ccc(-c2cn3cc(-c4ccc5c(c4)OCO5)nc3n2C)cc1C. The molecule has 0 atom stereocenters. The number of benzene rings is 2. The third-order valence-corrected chi connectivity index (χ3v) is 5.11. The Morgan fingerprint density at radius 1 is 0.885 bits per heavy atom. The zero-order chi connectivity index (χ0) is 17.8. The highest BCUT2D eigenvalue weighted by molar-refractivity contribution is 5.69. The van der Waals surface area contributed by atoms with Crippen LogP contribution >= 0.6 is 0 Å². The van der Waals surface area contributed by atoms with Crippen LogP contribution in [0.3, 0.4) is 0 Å². The summed E-state index contributed by atoms with van der Waals surface area (Å²) in [5.74, 6) is 2.47. The van der Waals surface area contributed by atoms with E-state index < -0.39 is 0 Å². The minimum Gasteiger partial charge on any atom is -0.454 e. The standard InChI is InChI=1S/C21H19N3O2/c1-13-4-5-16(8-14(13)2)18-11-24-10-17(22-21(24)23(18)3)15-6-7-19-20(9-15)26-12-25-19/h4-11H,12H2,1-3H3. The van der Waals surface area contributed by atoms with Gasteiger partial charge in [0, 0.05) is 30.6 Å². The summed E-state index contributed by atoms with van der Waals surface area (Å²) in [4.78, 5) is 4.82. The molecule has 0 N–H and O–H groups in total. The van der Waals surface area contributed by atoms with Crippen LogP contribution in [-0.2, 0) is 7.05 Å². The smallest absolute Gasteiger partial charge is 0.231 e. The Morgan fingerprint density at radius 3 is 2.50 bits per heavy atom. The highest BCUT2D eigenvalue weighted by atomic mass is 16.7. The lowest BCUT2D eigenvalue weighted by Gasteiger charge is -2.06. The average Bonchev–Trinajstić information content (AvgIpc) is 3.33. The molecule has 0 fully saturated rings. The van der Waals surface area contributed by atoms with Crippen molar-refractivity contribution in [3.63, 3.8) is 0 Å². The normalized spacial score (nSPS) is 12.9. The van der Waals surface area contributed by atoms with E-state index in [-0.39, 0.29) is 6.79 Å². The van der Waals surface area contributed by atoms with Crippen LogP contribution in [0.4, 0.5) is 0 Å². The molecular weight excluding hydrogens is 326 g/mol. The molecule has 0 radical (unpaired) electrons. The molecule has 0 bridgehead atoms. The molecule has 5 rings (SSSR count). The van der Waals surface area contributed by atoms with Crippen molar-refractivity contribution in [1.29, 1.82) is 0 Å². The zero-order valence-electron chi connectivity index (χ0n) is 15.0. The molecule has 0 saturated carbocycles. The Bertz CT molecular complexity index is 1150. The second kappa shape index (κ2) is 5.39. The molecule has 0 aliphatic carbocycles. The fourth-order valence-electron chi connectivity index (χ4n) is 3.42. The van der Waals surface area contributed by atoms with Gasteiger partial charge in [-0.3, -0.25) is 4.40 Å². The summed E-state index contributed by atoms with van der Waals surface area (Å²) >= 11 is 0. The van der Waals surface area contributed by atoms with E-state index in [2.05, 4.69) is 60.5 Å². The van der Waals surface area contributed by atoms with Gasteiger partial charge in [-0.25, -0.2) is 4.98 Å². The van der Waals surface area contributed by atoms with Crippen molar-refractivity contribution in [1.82, 2.24) is 14.0 Å². The quantitative estimate of drug-likeness (QED) is 0.542. The van der Waals surface area contributed by atoms with Crippen LogP contribution in [-0.4, -0.2) is 20.7 Å². The molecule has 3 heterocycles. The zero-order valence-corrected chi connectivity index (χ0v) is 15.0. The van der Waals surface area contributed by atoms with Gasteiger partial charge in [0.2, 0.25) is 12.6 Å². The number of ether oxygens (including phenoxy) is 2. The number of hydrogen-bond acceptors (Lipinski definition) is 3. The van der Waals surface area contributed by atoms with Crippen LogP contribution in [0.1, 0.15) is 11.1 Å². The van der Waals surface area contributed by atoms with E-state index >= 15 is 0 Å². The van der Waals surface area contributed by atoms with Crippen LogP contribution in [0.15, 0.2) is 48.8 Å². The molecule has 2 aromatic carbocycles. The molecule has 130 valence electrons. The highest BCUT2D eigenvalue weighted by Gasteiger charge is 2.17. The molecule has 1 aliphatic heterocycles. The first-order valence-electron chi connectivity index (χ1n) is 8.62. The molecular formula is C21H19N3O2. The van der Waals surface area contributed by atoms with Crippen molar-refractivity contribution in [2.75, 3.05) is 6.79 Å². The van der Waals surface area contributed by atoms with Gasteiger partial charge in [-0.15, -0.1) is 0 Å². The lowest BCUT2D eigenvalue weighted by Crippen LogP contribution is -1.93. The van der Waals surface area contributed by atoms with E-state index in [1.165, 1.54) is 16.7 Å². The molecule has 0 amide bonds. The van der Waals surface area contributed by atoms with Gasteiger partial charge in [-0.1, -0.05) is 12.1 Å². The van der Waals surface area contributed by atoms with E-state index in [9.17, 15) is 0 Å². The third kappa shape index (κ3) is 2.20. The van der Waals surface area contributed by atoms with Crippen molar-refractivity contribution in [3.05, 3.63) is 59.9 Å². The van der Waals surface area contributed by atoms with Gasteiger partial charge in [0.05, 0.1) is 11.4 Å². The Kier molecular flexibility index (Phi) is 3.13. The van der Waals surface area contributed by atoms with Gasteiger partial charge in [-0.2, -0.15) is 0 Å². The summed E-state index contributed by atoms with van der Waals surface area (Å²) in [6.45, 7) is 4.56. The minimum atomic E-state index is 0.281. The fraction of sp³-hybridized carbons (Fsp3) is 0.190. The van der Waals surface area contributed by atoms with Gasteiger partial charge in [0.15, 0.2) is 11.5 Å². The van der Waals surface area contributed by atoms with Crippen molar-refractivity contribution >= 4 is 5.78 Å². The Hall–Kier alpha value is -3.21. The molecule has 1 aliphatic rings. The number of nitrogens with zero attached hydrogens (tertiary/aromatic N) is 3. The summed E-state index contributed by atoms with van der Waals surface area (Å²) in [5.41, 5.74) is 6.88. The van der Waals surface area contributed by atoms with Crippen molar-refractivity contribution in [2.24, 2.45) is 7.05 Å². The van der Waals surface area contributed by atoms with Gasteiger partial charge < -0.3 is 14.0 Å². The topological polar surface area (TPSA) is 40.7 Å². The van der Waals surface area contributed by atoms with Crippen LogP contribution in [0, 0.1) is 13.8 Å². The number of aryl methyl sites for hydroxylation is 3. The first-order valence-corrected chi connectivity index (χ1v) is 8.62. The molecule has 2 aromatic heterocycles. The first-order chi connectivity index (χ1) is 12.6. The fourth-order valence-corrected chi connectivity index (χ4v) is 3.42. The summed E-state index contributed by atoms with van der Waals surface area (Å²) in [6, 6.07) is 12.5. The second-order valence-corrected chi connectivity index (χ2v) is 6.77. The lowest BCUT2D eigenvalue weighted by atomic mass is 10.0. The first kappa shape index (κ1) is 15.1. The highest BCUT2D eigenvalue weighted by Crippen LogP contribution is 2.36. The Morgan fingerprint density at radius 2 is 1.69 bits per heavy atom. The van der Waals surface area contributed by atoms with Gasteiger partial charge >= 0.3 is 0 Å². The van der Waals surface area contributed by atoms with Crippen molar-refractivity contribution in [3.8, 4) is 34.0 Å². The largest absolute Gasteiger partial charge is 0.454 e. The van der Waals surface area contributed by atoms with Crippen LogP contribution in [0.5, 0.6) is 11.5 Å². The van der Waals surface area contributed by atoms with E-state index in [0.29, 0.717) is 0 Å². The third-order valence-electron chi connectivity index (χ3n) is 5.11. The van der Waals surface area contributed by atoms with E-state index in [1.54, 1.807) is 0 Å². The number of fused-ring (bicyclic) bond motifs is 2. The summed E-state index contributed by atoms with van der Waals surface area (Å²) in [5, 5.41) is 0. The van der Waals surface area contributed by atoms with E-state index in [4.69, 9.17) is 14.5 Å². The Labute approximate surface area is 151 Å². The van der Waals surface area contributed by atoms with E-state index in [0.717, 1.165) is 34.2 Å². The van der Waals surface area contributed by atoms with Gasteiger partial charge in [0.1, 0.15) is 0 Å². The predicted octanol–water partition coefficient (Wildman–Crippen LogP) is 4.35. The van der Waals surface area contributed by atoms with E-state index in [1.807, 2.05) is 18.2 Å². The molecule has 4 aromatic rings.